The lowest BCUT2D eigenvalue weighted by Crippen LogP contribution is -2.58. The Hall–Kier alpha value is -0.610. The molecule has 0 aromatic rings. The number of quaternary nitrogens is 1. The molecule has 0 spiro atoms. The molecular formula is C16H32N2O2. The Bertz CT molecular complexity index is 331. The number of carbonyl (C=O) groups excluding carboxylic acids is 1. The van der Waals surface area contributed by atoms with Crippen LogP contribution in [0.15, 0.2) is 0 Å². The van der Waals surface area contributed by atoms with Gasteiger partial charge in [-0.2, -0.15) is 0 Å². The maximum atomic E-state index is 12.6. The van der Waals surface area contributed by atoms with Crippen LogP contribution in [0, 0.1) is 16.0 Å². The monoisotopic (exact) mass is 284 g/mol. The van der Waals surface area contributed by atoms with Gasteiger partial charge in [-0.3, -0.25) is 4.79 Å². The summed E-state index contributed by atoms with van der Waals surface area (Å²) in [4.78, 5) is 14.0. The van der Waals surface area contributed by atoms with Crippen LogP contribution in [0.3, 0.4) is 0 Å². The summed E-state index contributed by atoms with van der Waals surface area (Å²) in [6, 6.07) is 0. The number of piperazine rings is 1. The summed E-state index contributed by atoms with van der Waals surface area (Å²) in [6.45, 7) is 15.7. The molecule has 1 aliphatic heterocycles. The summed E-state index contributed by atoms with van der Waals surface area (Å²) < 4.78 is -0.128. The summed E-state index contributed by atoms with van der Waals surface area (Å²) >= 11 is 0. The highest BCUT2D eigenvalue weighted by atomic mass is 16.5. The van der Waals surface area contributed by atoms with Crippen molar-refractivity contribution in [2.45, 2.75) is 54.4 Å². The first kappa shape index (κ1) is 17.4. The molecule has 0 radical (unpaired) electrons. The second kappa shape index (κ2) is 6.02. The van der Waals surface area contributed by atoms with Gasteiger partial charge in [-0.25, -0.2) is 0 Å². The van der Waals surface area contributed by atoms with E-state index in [2.05, 4.69) is 41.5 Å². The number of amides is 1. The minimum atomic E-state index is -0.128. The van der Waals surface area contributed by atoms with Crippen LogP contribution in [0.4, 0.5) is 0 Å². The zero-order valence-electron chi connectivity index (χ0n) is 14.2. The molecule has 0 aliphatic carbocycles. The topological polar surface area (TPSA) is 43.4 Å². The van der Waals surface area contributed by atoms with Gasteiger partial charge in [0.05, 0.1) is 32.7 Å². The van der Waals surface area contributed by atoms with Crippen molar-refractivity contribution < 1.29 is 9.44 Å². The molecule has 0 saturated carbocycles. The zero-order chi connectivity index (χ0) is 15.6. The van der Waals surface area contributed by atoms with E-state index < -0.39 is 0 Å². The molecule has 0 bridgehead atoms. The Balaban J connectivity index is 2.44. The maximum Gasteiger partial charge on any atom is 0.223 e. The van der Waals surface area contributed by atoms with E-state index in [1.165, 1.54) is 0 Å². The molecule has 1 heterocycles. The fourth-order valence-corrected chi connectivity index (χ4v) is 2.41. The average Bonchev–Trinajstić information content (AvgIpc) is 2.24. The van der Waals surface area contributed by atoms with Gasteiger partial charge in [-0.05, 0) is 10.8 Å². The van der Waals surface area contributed by atoms with Crippen molar-refractivity contribution >= 4 is 5.91 Å². The largest absolute Gasteiger partial charge is 0.633 e. The molecule has 4 nitrogen and oxygen atoms in total. The van der Waals surface area contributed by atoms with Gasteiger partial charge >= 0.3 is 0 Å². The Morgan fingerprint density at radius 3 is 1.95 bits per heavy atom. The van der Waals surface area contributed by atoms with Crippen molar-refractivity contribution in [3.63, 3.8) is 0 Å². The van der Waals surface area contributed by atoms with Crippen LogP contribution in [0.5, 0.6) is 0 Å². The maximum absolute atomic E-state index is 12.6. The van der Waals surface area contributed by atoms with Crippen molar-refractivity contribution in [2.24, 2.45) is 10.8 Å². The summed E-state index contributed by atoms with van der Waals surface area (Å²) in [6.07, 6.45) is 1.50. The molecule has 0 aromatic carbocycles. The Morgan fingerprint density at radius 2 is 1.55 bits per heavy atom. The van der Waals surface area contributed by atoms with Crippen LogP contribution < -0.4 is 0 Å². The minimum absolute atomic E-state index is 0.0180. The lowest BCUT2D eigenvalue weighted by Gasteiger charge is -2.49. The van der Waals surface area contributed by atoms with Gasteiger partial charge in [-0.1, -0.05) is 41.5 Å². The molecule has 20 heavy (non-hydrogen) atoms. The smallest absolute Gasteiger partial charge is 0.223 e. The molecule has 118 valence electrons. The molecular weight excluding hydrogens is 252 g/mol. The van der Waals surface area contributed by atoms with E-state index in [-0.39, 0.29) is 21.4 Å². The predicted molar refractivity (Wildman–Crippen MR) is 83.0 cm³/mol. The highest BCUT2D eigenvalue weighted by molar-refractivity contribution is 5.76. The number of hydrogen-bond donors (Lipinski definition) is 0. The fraction of sp³-hybridized carbons (Fsp3) is 0.938. The Labute approximate surface area is 124 Å². The molecule has 0 aromatic heterocycles. The molecule has 1 aliphatic rings. The summed E-state index contributed by atoms with van der Waals surface area (Å²) in [5, 5.41) is 12.6. The molecule has 0 unspecified atom stereocenters. The number of carbonyl (C=O) groups is 1. The van der Waals surface area contributed by atoms with Gasteiger partial charge in [-0.15, -0.1) is 0 Å². The Morgan fingerprint density at radius 1 is 1.05 bits per heavy atom. The molecule has 1 rings (SSSR count). The lowest BCUT2D eigenvalue weighted by atomic mass is 9.91. The van der Waals surface area contributed by atoms with Gasteiger partial charge in [0.15, 0.2) is 0 Å². The molecule has 1 amide bonds. The third-order valence-corrected chi connectivity index (χ3v) is 3.86. The van der Waals surface area contributed by atoms with Crippen molar-refractivity contribution in [3.05, 3.63) is 5.21 Å². The van der Waals surface area contributed by atoms with Crippen LogP contribution >= 0.6 is 0 Å². The first-order chi connectivity index (χ1) is 8.90. The van der Waals surface area contributed by atoms with Crippen LogP contribution in [0.1, 0.15) is 54.4 Å². The normalized spacial score (nSPS) is 20.1. The Kier molecular flexibility index (Phi) is 5.25. The van der Waals surface area contributed by atoms with E-state index >= 15 is 0 Å². The highest BCUT2D eigenvalue weighted by Crippen LogP contribution is 2.24. The quantitative estimate of drug-likeness (QED) is 0.590. The predicted octanol–water partition coefficient (Wildman–Crippen LogP) is 3.02. The van der Waals surface area contributed by atoms with Gasteiger partial charge in [0.1, 0.15) is 0 Å². The average molecular weight is 284 g/mol. The summed E-state index contributed by atoms with van der Waals surface area (Å²) in [5.74, 6) is 0.194. The van der Waals surface area contributed by atoms with Crippen LogP contribution in [-0.2, 0) is 4.79 Å². The third kappa shape index (κ3) is 6.23. The lowest BCUT2D eigenvalue weighted by molar-refractivity contribution is -0.885. The first-order valence-corrected chi connectivity index (χ1v) is 7.75. The molecule has 4 heteroatoms. The van der Waals surface area contributed by atoms with Crippen LogP contribution in [0.25, 0.3) is 0 Å². The number of nitrogens with zero attached hydrogens (tertiary/aromatic N) is 2. The SMILES string of the molecule is CC(C)(C)CC[N+]1([O-])CCN(C(=O)CC(C)(C)C)CC1. The zero-order valence-corrected chi connectivity index (χ0v) is 14.2. The molecule has 0 N–H and O–H groups in total. The van der Waals surface area contributed by atoms with Crippen molar-refractivity contribution in [1.82, 2.24) is 4.90 Å². The molecule has 1 fully saturated rings. The highest BCUT2D eigenvalue weighted by Gasteiger charge is 2.30. The van der Waals surface area contributed by atoms with E-state index in [9.17, 15) is 10.0 Å². The van der Waals surface area contributed by atoms with Crippen molar-refractivity contribution in [2.75, 3.05) is 32.7 Å². The van der Waals surface area contributed by atoms with E-state index in [1.54, 1.807) is 0 Å². The van der Waals surface area contributed by atoms with E-state index in [0.717, 1.165) is 6.42 Å². The summed E-state index contributed by atoms with van der Waals surface area (Å²) in [5.41, 5.74) is 0.221. The van der Waals surface area contributed by atoms with Crippen molar-refractivity contribution in [1.29, 1.82) is 0 Å². The second-order valence-electron chi connectivity index (χ2n) is 8.66. The van der Waals surface area contributed by atoms with Crippen LogP contribution in [0.2, 0.25) is 0 Å². The first-order valence-electron chi connectivity index (χ1n) is 7.75. The fourth-order valence-electron chi connectivity index (χ4n) is 2.41. The van der Waals surface area contributed by atoms with Gasteiger partial charge in [0, 0.05) is 12.8 Å². The number of rotatable bonds is 3. The third-order valence-electron chi connectivity index (χ3n) is 3.86. The van der Waals surface area contributed by atoms with E-state index in [1.807, 2.05) is 4.90 Å². The van der Waals surface area contributed by atoms with E-state index in [4.69, 9.17) is 0 Å². The van der Waals surface area contributed by atoms with Gasteiger partial charge in [0.2, 0.25) is 5.91 Å². The standard InChI is InChI=1S/C16H32N2O2/c1-15(2,3)7-10-18(20)11-8-17(9-12-18)14(19)13-16(4,5)6/h7-13H2,1-6H3. The minimum Gasteiger partial charge on any atom is -0.633 e. The van der Waals surface area contributed by atoms with Crippen molar-refractivity contribution in [3.8, 4) is 0 Å². The van der Waals surface area contributed by atoms with Gasteiger partial charge in [0.25, 0.3) is 0 Å². The number of hydroxylamine groups is 3. The number of hydrogen-bond acceptors (Lipinski definition) is 2. The van der Waals surface area contributed by atoms with Gasteiger partial charge < -0.3 is 14.8 Å². The van der Waals surface area contributed by atoms with E-state index in [0.29, 0.717) is 39.1 Å². The van der Waals surface area contributed by atoms with Crippen LogP contribution in [-0.4, -0.2) is 48.2 Å². The second-order valence-corrected chi connectivity index (χ2v) is 8.66. The summed E-state index contributed by atoms with van der Waals surface area (Å²) in [7, 11) is 0. The molecule has 0 atom stereocenters. The molecule has 1 saturated heterocycles.